The van der Waals surface area contributed by atoms with Crippen LogP contribution >= 0.6 is 12.2 Å². The lowest BCUT2D eigenvalue weighted by atomic mass is 10.1. The Labute approximate surface area is 181 Å². The maximum absolute atomic E-state index is 12.8. The smallest absolute Gasteiger partial charge is 0.253 e. The summed E-state index contributed by atoms with van der Waals surface area (Å²) in [4.78, 5) is 17.8. The van der Waals surface area contributed by atoms with E-state index in [0.717, 1.165) is 27.7 Å². The van der Waals surface area contributed by atoms with Gasteiger partial charge < -0.3 is 15.2 Å². The molecule has 1 aromatic heterocycles. The first-order chi connectivity index (χ1) is 14.6. The first-order valence-corrected chi connectivity index (χ1v) is 10.3. The van der Waals surface area contributed by atoms with Gasteiger partial charge in [0.25, 0.3) is 5.56 Å². The second-order valence-corrected chi connectivity index (χ2v) is 7.74. The van der Waals surface area contributed by atoms with E-state index >= 15 is 0 Å². The molecule has 1 heterocycles. The average molecular weight is 414 g/mol. The zero-order valence-electron chi connectivity index (χ0n) is 16.8. The molecule has 4 nitrogen and oxygen atoms in total. The van der Waals surface area contributed by atoms with Crippen molar-refractivity contribution >= 4 is 33.9 Å². The lowest BCUT2D eigenvalue weighted by Crippen LogP contribution is -2.35. The Morgan fingerprint density at radius 2 is 1.63 bits per heavy atom. The third-order valence-electron chi connectivity index (χ3n) is 4.97. The van der Waals surface area contributed by atoms with E-state index in [1.165, 1.54) is 0 Å². The number of aryl methyl sites for hydroxylation is 1. The van der Waals surface area contributed by atoms with Crippen molar-refractivity contribution in [2.24, 2.45) is 0 Å². The Kier molecular flexibility index (Phi) is 5.91. The highest BCUT2D eigenvalue weighted by molar-refractivity contribution is 7.80. The van der Waals surface area contributed by atoms with E-state index in [4.69, 9.17) is 12.2 Å². The maximum atomic E-state index is 12.8. The summed E-state index contributed by atoms with van der Waals surface area (Å²) in [6.07, 6.45) is 0. The van der Waals surface area contributed by atoms with Gasteiger partial charge in [-0.15, -0.1) is 0 Å². The number of hydrogen-bond acceptors (Lipinski definition) is 2. The number of H-pyrrole nitrogens is 1. The fourth-order valence-electron chi connectivity index (χ4n) is 3.41. The number of pyridine rings is 1. The molecular formula is C25H23N3OS. The van der Waals surface area contributed by atoms with Crippen LogP contribution in [-0.2, 0) is 13.1 Å². The van der Waals surface area contributed by atoms with Gasteiger partial charge in [0.05, 0.1) is 6.54 Å². The summed E-state index contributed by atoms with van der Waals surface area (Å²) in [7, 11) is 0. The van der Waals surface area contributed by atoms with Crippen molar-refractivity contribution in [1.82, 2.24) is 9.88 Å². The van der Waals surface area contributed by atoms with E-state index in [0.29, 0.717) is 23.8 Å². The zero-order valence-corrected chi connectivity index (χ0v) is 17.6. The van der Waals surface area contributed by atoms with Gasteiger partial charge in [-0.1, -0.05) is 60.7 Å². The molecule has 30 heavy (non-hydrogen) atoms. The van der Waals surface area contributed by atoms with Crippen LogP contribution in [0.4, 0.5) is 5.69 Å². The van der Waals surface area contributed by atoms with E-state index in [2.05, 4.69) is 22.4 Å². The molecule has 5 heteroatoms. The predicted molar refractivity (Wildman–Crippen MR) is 128 cm³/mol. The minimum atomic E-state index is -0.0892. The molecule has 4 rings (SSSR count). The van der Waals surface area contributed by atoms with Gasteiger partial charge in [0, 0.05) is 23.3 Å². The van der Waals surface area contributed by atoms with E-state index < -0.39 is 0 Å². The first-order valence-electron chi connectivity index (χ1n) is 9.86. The average Bonchev–Trinajstić information content (AvgIpc) is 2.75. The van der Waals surface area contributed by atoms with E-state index in [9.17, 15) is 4.79 Å². The van der Waals surface area contributed by atoms with Crippen LogP contribution in [0.3, 0.4) is 0 Å². The summed E-state index contributed by atoms with van der Waals surface area (Å²) in [5.41, 5.74) is 4.60. The van der Waals surface area contributed by atoms with E-state index in [1.807, 2.05) is 84.6 Å². The molecule has 0 spiro atoms. The Bertz CT molecular complexity index is 1220. The number of aromatic nitrogens is 1. The van der Waals surface area contributed by atoms with Crippen LogP contribution in [0.25, 0.3) is 10.9 Å². The normalized spacial score (nSPS) is 10.7. The van der Waals surface area contributed by atoms with Crippen LogP contribution in [0, 0.1) is 6.92 Å². The van der Waals surface area contributed by atoms with Gasteiger partial charge in [0.2, 0.25) is 0 Å². The molecule has 0 radical (unpaired) electrons. The van der Waals surface area contributed by atoms with Gasteiger partial charge in [-0.2, -0.15) is 0 Å². The number of thiocarbonyl (C=S) groups is 1. The van der Waals surface area contributed by atoms with Crippen molar-refractivity contribution in [3.8, 4) is 0 Å². The number of rotatable bonds is 5. The Morgan fingerprint density at radius 1 is 0.933 bits per heavy atom. The van der Waals surface area contributed by atoms with Crippen LogP contribution in [0.5, 0.6) is 0 Å². The second kappa shape index (κ2) is 8.93. The van der Waals surface area contributed by atoms with Crippen molar-refractivity contribution in [3.05, 3.63) is 112 Å². The quantitative estimate of drug-likeness (QED) is 0.440. The lowest BCUT2D eigenvalue weighted by Gasteiger charge is -2.26. The maximum Gasteiger partial charge on any atom is 0.253 e. The van der Waals surface area contributed by atoms with Crippen LogP contribution in [-0.4, -0.2) is 15.0 Å². The summed E-state index contributed by atoms with van der Waals surface area (Å²) in [5.74, 6) is 0. The molecule has 0 bridgehead atoms. The molecular weight excluding hydrogens is 390 g/mol. The third-order valence-corrected chi connectivity index (χ3v) is 5.33. The number of hydrogen-bond donors (Lipinski definition) is 2. The Morgan fingerprint density at radius 3 is 2.37 bits per heavy atom. The van der Waals surface area contributed by atoms with Crippen molar-refractivity contribution in [2.75, 3.05) is 5.32 Å². The van der Waals surface area contributed by atoms with Crippen LogP contribution in [0.1, 0.15) is 16.7 Å². The number of para-hydroxylation sites is 1. The number of aromatic amines is 1. The van der Waals surface area contributed by atoms with Crippen LogP contribution < -0.4 is 10.9 Å². The first kappa shape index (κ1) is 19.9. The molecule has 0 saturated carbocycles. The largest absolute Gasteiger partial charge is 0.340 e. The minimum Gasteiger partial charge on any atom is -0.340 e. The standard InChI is InChI=1S/C25H23N3OS/c1-18-12-13-20-15-21(24(29)27-23(20)14-18)17-28(16-19-8-4-2-5-9-19)25(30)26-22-10-6-3-7-11-22/h2-15H,16-17H2,1H3,(H,26,30)(H,27,29). The molecule has 0 aliphatic carbocycles. The molecule has 0 fully saturated rings. The zero-order chi connectivity index (χ0) is 20.9. The fraction of sp³-hybridized carbons (Fsp3) is 0.120. The molecule has 3 aromatic carbocycles. The number of nitrogens with zero attached hydrogens (tertiary/aromatic N) is 1. The number of anilines is 1. The highest BCUT2D eigenvalue weighted by Crippen LogP contribution is 2.16. The predicted octanol–water partition coefficient (Wildman–Crippen LogP) is 5.24. The molecule has 4 aromatic rings. The SMILES string of the molecule is Cc1ccc2cc(CN(Cc3ccccc3)C(=S)Nc3ccccc3)c(=O)[nH]c2c1. The fourth-order valence-corrected chi connectivity index (χ4v) is 3.66. The molecule has 0 atom stereocenters. The van der Waals surface area contributed by atoms with Gasteiger partial charge in [-0.05, 0) is 59.9 Å². The highest BCUT2D eigenvalue weighted by Gasteiger charge is 2.14. The molecule has 0 aliphatic rings. The van der Waals surface area contributed by atoms with E-state index in [-0.39, 0.29) is 5.56 Å². The molecule has 0 saturated heterocycles. The summed E-state index contributed by atoms with van der Waals surface area (Å²) in [6.45, 7) is 3.03. The Balaban J connectivity index is 1.64. The van der Waals surface area contributed by atoms with Crippen LogP contribution in [0.15, 0.2) is 89.7 Å². The van der Waals surface area contributed by atoms with Crippen LogP contribution in [0.2, 0.25) is 0 Å². The van der Waals surface area contributed by atoms with Crippen molar-refractivity contribution in [1.29, 1.82) is 0 Å². The third kappa shape index (κ3) is 4.75. The van der Waals surface area contributed by atoms with Crippen molar-refractivity contribution < 1.29 is 0 Å². The Hall–Kier alpha value is -3.44. The topological polar surface area (TPSA) is 48.1 Å². The van der Waals surface area contributed by atoms with Gasteiger partial charge in [0.15, 0.2) is 5.11 Å². The van der Waals surface area contributed by atoms with Crippen molar-refractivity contribution in [3.63, 3.8) is 0 Å². The molecule has 2 N–H and O–H groups in total. The summed E-state index contributed by atoms with van der Waals surface area (Å²) in [5, 5.41) is 4.88. The number of fused-ring (bicyclic) bond motifs is 1. The monoisotopic (exact) mass is 413 g/mol. The molecule has 0 unspecified atom stereocenters. The number of benzene rings is 3. The van der Waals surface area contributed by atoms with Gasteiger partial charge in [0.1, 0.15) is 0 Å². The second-order valence-electron chi connectivity index (χ2n) is 7.35. The lowest BCUT2D eigenvalue weighted by molar-refractivity contribution is 0.411. The summed E-state index contributed by atoms with van der Waals surface area (Å²) < 4.78 is 0. The molecule has 0 amide bonds. The van der Waals surface area contributed by atoms with E-state index in [1.54, 1.807) is 0 Å². The molecule has 150 valence electrons. The summed E-state index contributed by atoms with van der Waals surface area (Å²) >= 11 is 5.71. The van der Waals surface area contributed by atoms with Gasteiger partial charge >= 0.3 is 0 Å². The van der Waals surface area contributed by atoms with Gasteiger partial charge in [-0.25, -0.2) is 0 Å². The number of nitrogens with one attached hydrogen (secondary N) is 2. The molecule has 0 aliphatic heterocycles. The summed E-state index contributed by atoms with van der Waals surface area (Å²) in [6, 6.07) is 28.0. The highest BCUT2D eigenvalue weighted by atomic mass is 32.1. The van der Waals surface area contributed by atoms with Crippen molar-refractivity contribution in [2.45, 2.75) is 20.0 Å². The van der Waals surface area contributed by atoms with Gasteiger partial charge in [-0.3, -0.25) is 4.79 Å². The minimum absolute atomic E-state index is 0.0892.